The van der Waals surface area contributed by atoms with Gasteiger partial charge in [-0.1, -0.05) is 0 Å². The standard InChI is InChI=1S/C5H3NS.CH2O2/c6-3-5-1-2-7-4-5;2-1-3/h1-2,4H;1H,(H,2,3). The first-order chi connectivity index (χ1) is 4.85. The van der Waals surface area contributed by atoms with Gasteiger partial charge in [-0.15, -0.1) is 0 Å². The van der Waals surface area contributed by atoms with Crippen molar-refractivity contribution in [1.82, 2.24) is 0 Å². The Kier molecular flexibility index (Phi) is 5.01. The minimum atomic E-state index is -0.250. The molecule has 1 aromatic heterocycles. The van der Waals surface area contributed by atoms with Gasteiger partial charge in [0.2, 0.25) is 0 Å². The van der Waals surface area contributed by atoms with Gasteiger partial charge in [-0.3, -0.25) is 4.79 Å². The lowest BCUT2D eigenvalue weighted by atomic mass is 10.4. The third-order valence-electron chi connectivity index (χ3n) is 0.650. The van der Waals surface area contributed by atoms with Gasteiger partial charge >= 0.3 is 0 Å². The summed E-state index contributed by atoms with van der Waals surface area (Å²) in [5.74, 6) is 0. The van der Waals surface area contributed by atoms with Crippen LogP contribution in [0.4, 0.5) is 0 Å². The molecule has 0 unspecified atom stereocenters. The van der Waals surface area contributed by atoms with Crippen molar-refractivity contribution in [3.63, 3.8) is 0 Å². The Balaban J connectivity index is 0.000000236. The van der Waals surface area contributed by atoms with Gasteiger partial charge < -0.3 is 5.11 Å². The van der Waals surface area contributed by atoms with Crippen LogP contribution in [0.1, 0.15) is 5.56 Å². The zero-order chi connectivity index (χ0) is 7.82. The van der Waals surface area contributed by atoms with E-state index in [0.29, 0.717) is 0 Å². The van der Waals surface area contributed by atoms with Crippen LogP contribution in [-0.4, -0.2) is 11.6 Å². The molecule has 1 aromatic rings. The van der Waals surface area contributed by atoms with Crippen molar-refractivity contribution in [3.05, 3.63) is 22.4 Å². The average molecular weight is 155 g/mol. The molecule has 1 rings (SSSR count). The molecule has 52 valence electrons. The molecule has 3 nitrogen and oxygen atoms in total. The monoisotopic (exact) mass is 155 g/mol. The highest BCUT2D eigenvalue weighted by molar-refractivity contribution is 7.08. The summed E-state index contributed by atoms with van der Waals surface area (Å²) < 4.78 is 0. The van der Waals surface area contributed by atoms with Gasteiger partial charge in [0.15, 0.2) is 0 Å². The molecule has 1 N–H and O–H groups in total. The van der Waals surface area contributed by atoms with E-state index in [1.165, 1.54) is 0 Å². The highest BCUT2D eigenvalue weighted by atomic mass is 32.1. The first-order valence-corrected chi connectivity index (χ1v) is 3.29. The lowest BCUT2D eigenvalue weighted by Gasteiger charge is -1.62. The van der Waals surface area contributed by atoms with E-state index in [1.807, 2.05) is 16.8 Å². The van der Waals surface area contributed by atoms with Gasteiger partial charge in [-0.05, 0) is 11.4 Å². The van der Waals surface area contributed by atoms with E-state index < -0.39 is 0 Å². The van der Waals surface area contributed by atoms with E-state index in [0.717, 1.165) is 5.56 Å². The highest BCUT2D eigenvalue weighted by Gasteiger charge is 1.82. The maximum absolute atomic E-state index is 8.36. The number of carbonyl (C=O) groups is 1. The van der Waals surface area contributed by atoms with Gasteiger partial charge in [-0.25, -0.2) is 0 Å². The first-order valence-electron chi connectivity index (χ1n) is 2.35. The number of hydrogen-bond donors (Lipinski definition) is 1. The number of thiophene rings is 1. The van der Waals surface area contributed by atoms with Crippen molar-refractivity contribution in [2.75, 3.05) is 0 Å². The molecule has 0 aliphatic rings. The highest BCUT2D eigenvalue weighted by Crippen LogP contribution is 2.02. The molecule has 0 bridgehead atoms. The summed E-state index contributed by atoms with van der Waals surface area (Å²) in [5, 5.41) is 18.8. The Bertz CT molecular complexity index is 212. The van der Waals surface area contributed by atoms with Crippen molar-refractivity contribution in [2.24, 2.45) is 0 Å². The zero-order valence-electron chi connectivity index (χ0n) is 5.02. The molecule has 0 aliphatic carbocycles. The van der Waals surface area contributed by atoms with Crippen LogP contribution < -0.4 is 0 Å². The molecule has 1 heterocycles. The second-order valence-corrected chi connectivity index (χ2v) is 2.01. The predicted molar refractivity (Wildman–Crippen MR) is 37.7 cm³/mol. The SMILES string of the molecule is N#Cc1ccsc1.O=CO. The number of rotatable bonds is 0. The molecule has 0 saturated heterocycles. The molecular formula is C6H5NO2S. The lowest BCUT2D eigenvalue weighted by Crippen LogP contribution is -1.54. The predicted octanol–water partition coefficient (Wildman–Crippen LogP) is 1.32. The fourth-order valence-electron chi connectivity index (χ4n) is 0.328. The van der Waals surface area contributed by atoms with Crippen molar-refractivity contribution in [2.45, 2.75) is 0 Å². The lowest BCUT2D eigenvalue weighted by molar-refractivity contribution is -0.122. The summed E-state index contributed by atoms with van der Waals surface area (Å²) >= 11 is 1.54. The molecule has 0 fully saturated rings. The third kappa shape index (κ3) is 3.64. The maximum atomic E-state index is 8.36. The summed E-state index contributed by atoms with van der Waals surface area (Å²) in [6.07, 6.45) is 0. The number of carboxylic acid groups (broad SMARTS) is 1. The maximum Gasteiger partial charge on any atom is 0.290 e. The molecule has 10 heavy (non-hydrogen) atoms. The normalized spacial score (nSPS) is 6.70. The quantitative estimate of drug-likeness (QED) is 0.575. The van der Waals surface area contributed by atoms with E-state index in [-0.39, 0.29) is 6.47 Å². The van der Waals surface area contributed by atoms with Crippen molar-refractivity contribution < 1.29 is 9.90 Å². The molecule has 0 saturated carbocycles. The molecule has 0 aliphatic heterocycles. The smallest absolute Gasteiger partial charge is 0.290 e. The van der Waals surface area contributed by atoms with Crippen LogP contribution in [-0.2, 0) is 4.79 Å². The molecule has 4 heteroatoms. The molecule has 0 atom stereocenters. The molecule has 0 spiro atoms. The van der Waals surface area contributed by atoms with Crippen LogP contribution in [0.5, 0.6) is 0 Å². The number of nitriles is 1. The van der Waals surface area contributed by atoms with Crippen molar-refractivity contribution in [3.8, 4) is 6.07 Å². The first kappa shape index (κ1) is 8.66. The van der Waals surface area contributed by atoms with Crippen molar-refractivity contribution in [1.29, 1.82) is 5.26 Å². The molecule has 0 amide bonds. The molecule has 0 aromatic carbocycles. The topological polar surface area (TPSA) is 61.1 Å². The van der Waals surface area contributed by atoms with E-state index >= 15 is 0 Å². The summed E-state index contributed by atoms with van der Waals surface area (Å²) in [7, 11) is 0. The Morgan fingerprint density at radius 1 is 1.80 bits per heavy atom. The summed E-state index contributed by atoms with van der Waals surface area (Å²) in [6.45, 7) is -0.250. The minimum Gasteiger partial charge on any atom is -0.483 e. The van der Waals surface area contributed by atoms with Gasteiger partial charge in [0.25, 0.3) is 6.47 Å². The van der Waals surface area contributed by atoms with Crippen LogP contribution in [0.3, 0.4) is 0 Å². The van der Waals surface area contributed by atoms with E-state index in [9.17, 15) is 0 Å². The number of hydrogen-bond acceptors (Lipinski definition) is 3. The summed E-state index contributed by atoms with van der Waals surface area (Å²) in [5.41, 5.74) is 0.755. The van der Waals surface area contributed by atoms with E-state index in [4.69, 9.17) is 15.2 Å². The molecular weight excluding hydrogens is 150 g/mol. The Labute approximate surface area is 62.2 Å². The van der Waals surface area contributed by atoms with Crippen LogP contribution >= 0.6 is 11.3 Å². The third-order valence-corrected chi connectivity index (χ3v) is 1.33. The fourth-order valence-corrected chi connectivity index (χ4v) is 0.910. The Hall–Kier alpha value is -1.34. The largest absolute Gasteiger partial charge is 0.483 e. The van der Waals surface area contributed by atoms with E-state index in [1.54, 1.807) is 17.4 Å². The van der Waals surface area contributed by atoms with E-state index in [2.05, 4.69) is 0 Å². The van der Waals surface area contributed by atoms with Crippen LogP contribution in [0.2, 0.25) is 0 Å². The molecule has 0 radical (unpaired) electrons. The van der Waals surface area contributed by atoms with Gasteiger partial charge in [0.05, 0.1) is 11.6 Å². The minimum absolute atomic E-state index is 0.250. The van der Waals surface area contributed by atoms with Gasteiger partial charge in [0, 0.05) is 5.38 Å². The second kappa shape index (κ2) is 5.79. The Morgan fingerprint density at radius 3 is 2.60 bits per heavy atom. The van der Waals surface area contributed by atoms with Crippen LogP contribution in [0.25, 0.3) is 0 Å². The second-order valence-electron chi connectivity index (χ2n) is 1.23. The fraction of sp³-hybridized carbons (Fsp3) is 0. The summed E-state index contributed by atoms with van der Waals surface area (Å²) in [6, 6.07) is 3.81. The number of nitrogens with zero attached hydrogens (tertiary/aromatic N) is 1. The van der Waals surface area contributed by atoms with Crippen LogP contribution in [0, 0.1) is 11.3 Å². The van der Waals surface area contributed by atoms with Gasteiger partial charge in [0.1, 0.15) is 0 Å². The van der Waals surface area contributed by atoms with Crippen LogP contribution in [0.15, 0.2) is 16.8 Å². The zero-order valence-corrected chi connectivity index (χ0v) is 5.84. The Morgan fingerprint density at radius 2 is 2.40 bits per heavy atom. The average Bonchev–Trinajstić information content (AvgIpc) is 2.39. The summed E-state index contributed by atoms with van der Waals surface area (Å²) in [4.78, 5) is 8.36. The van der Waals surface area contributed by atoms with Crippen molar-refractivity contribution >= 4 is 17.8 Å². The van der Waals surface area contributed by atoms with Gasteiger partial charge in [-0.2, -0.15) is 16.6 Å².